The van der Waals surface area contributed by atoms with E-state index in [1.54, 1.807) is 6.07 Å². The molecule has 0 bridgehead atoms. The van der Waals surface area contributed by atoms with Gasteiger partial charge in [0, 0.05) is 10.0 Å². The number of halogens is 3. The van der Waals surface area contributed by atoms with E-state index in [4.69, 9.17) is 32.7 Å². The first-order valence-corrected chi connectivity index (χ1v) is 14.1. The molecule has 0 amide bonds. The minimum absolute atomic E-state index is 0.0201. The summed E-state index contributed by atoms with van der Waals surface area (Å²) in [5.74, 6) is 0.443. The molecule has 3 aromatic carbocycles. The Morgan fingerprint density at radius 3 is 2.49 bits per heavy atom. The van der Waals surface area contributed by atoms with Gasteiger partial charge in [0.25, 0.3) is 0 Å². The smallest absolute Gasteiger partial charge is 0.337 e. The molecule has 0 aromatic heterocycles. The van der Waals surface area contributed by atoms with E-state index >= 15 is 0 Å². The average molecular weight is 571 g/mol. The van der Waals surface area contributed by atoms with Gasteiger partial charge in [0.15, 0.2) is 0 Å². The number of fused-ring (bicyclic) bond motifs is 1. The van der Waals surface area contributed by atoms with Crippen molar-refractivity contribution >= 4 is 40.3 Å². The topological polar surface area (TPSA) is 47.6 Å². The van der Waals surface area contributed by atoms with Crippen LogP contribution in [0.2, 0.25) is 10.0 Å². The Kier molecular flexibility index (Phi) is 10.4. The first kappa shape index (κ1) is 29.1. The van der Waals surface area contributed by atoms with Gasteiger partial charge in [-0.2, -0.15) is 0 Å². The van der Waals surface area contributed by atoms with Gasteiger partial charge in [0.1, 0.15) is 5.75 Å². The Hall–Kier alpha value is -2.86. The summed E-state index contributed by atoms with van der Waals surface area (Å²) < 4.78 is 23.4. The Morgan fingerprint density at radius 1 is 1.00 bits per heavy atom. The molecule has 0 unspecified atom stereocenters. The number of alkyl halides is 1. The molecular formula is C32H34Cl2FNO3. The summed E-state index contributed by atoms with van der Waals surface area (Å²) in [5.41, 5.74) is 6.93. The van der Waals surface area contributed by atoms with E-state index in [1.807, 2.05) is 49.4 Å². The molecule has 206 valence electrons. The van der Waals surface area contributed by atoms with Crippen LogP contribution in [0.1, 0.15) is 65.2 Å². The summed E-state index contributed by atoms with van der Waals surface area (Å²) in [5, 5.41) is 4.44. The summed E-state index contributed by atoms with van der Waals surface area (Å²) in [4.78, 5) is 12.2. The van der Waals surface area contributed by atoms with E-state index in [9.17, 15) is 9.18 Å². The zero-order chi connectivity index (χ0) is 27.8. The molecule has 0 heterocycles. The van der Waals surface area contributed by atoms with Crippen molar-refractivity contribution in [3.05, 3.63) is 98.5 Å². The minimum Gasteiger partial charge on any atom is -0.491 e. The summed E-state index contributed by atoms with van der Waals surface area (Å²) >= 11 is 12.9. The normalized spacial score (nSPS) is 14.0. The maximum absolute atomic E-state index is 12.3. The number of methoxy groups -OCH3 is 1. The second kappa shape index (κ2) is 14.0. The fourth-order valence-electron chi connectivity index (χ4n) is 4.98. The van der Waals surface area contributed by atoms with Crippen molar-refractivity contribution in [3.63, 3.8) is 0 Å². The van der Waals surface area contributed by atoms with Crippen molar-refractivity contribution in [2.75, 3.05) is 26.9 Å². The van der Waals surface area contributed by atoms with E-state index in [-0.39, 0.29) is 18.7 Å². The molecule has 1 N–H and O–H groups in total. The molecule has 7 heteroatoms. The molecule has 1 aliphatic carbocycles. The highest BCUT2D eigenvalue weighted by Crippen LogP contribution is 2.42. The second-order valence-electron chi connectivity index (χ2n) is 9.73. The number of hydrogen-bond donors (Lipinski definition) is 1. The number of nitrogens with one attached hydrogen (secondary N) is 1. The van der Waals surface area contributed by atoms with Crippen molar-refractivity contribution in [1.82, 2.24) is 5.32 Å². The Labute approximate surface area is 240 Å². The molecule has 0 spiro atoms. The summed E-state index contributed by atoms with van der Waals surface area (Å²) in [6, 6.07) is 19.5. The molecule has 0 aliphatic heterocycles. The quantitative estimate of drug-likeness (QED) is 0.187. The maximum Gasteiger partial charge on any atom is 0.337 e. The highest BCUT2D eigenvalue weighted by molar-refractivity contribution is 6.36. The van der Waals surface area contributed by atoms with E-state index in [2.05, 4.69) is 17.4 Å². The first-order chi connectivity index (χ1) is 18.9. The maximum atomic E-state index is 12.3. The Balaban J connectivity index is 1.69. The van der Waals surface area contributed by atoms with Gasteiger partial charge >= 0.3 is 5.97 Å². The third-order valence-corrected chi connectivity index (χ3v) is 7.47. The van der Waals surface area contributed by atoms with Crippen LogP contribution in [0.15, 0.2) is 60.7 Å². The third-order valence-electron chi connectivity index (χ3n) is 6.92. The molecule has 4 rings (SSSR count). The number of rotatable bonds is 11. The van der Waals surface area contributed by atoms with Crippen molar-refractivity contribution < 1.29 is 18.7 Å². The van der Waals surface area contributed by atoms with E-state index in [0.717, 1.165) is 71.4 Å². The number of carbonyl (C=O) groups is 1. The average Bonchev–Trinajstić information content (AvgIpc) is 3.12. The van der Waals surface area contributed by atoms with Crippen LogP contribution in [0.4, 0.5) is 4.39 Å². The highest BCUT2D eigenvalue weighted by Gasteiger charge is 2.23. The van der Waals surface area contributed by atoms with Crippen LogP contribution in [0.25, 0.3) is 11.1 Å². The zero-order valence-corrected chi connectivity index (χ0v) is 23.9. The lowest BCUT2D eigenvalue weighted by atomic mass is 9.87. The number of aryl methyl sites for hydroxylation is 1. The molecule has 0 radical (unpaired) electrons. The van der Waals surface area contributed by atoms with Gasteiger partial charge in [0.2, 0.25) is 0 Å². The third kappa shape index (κ3) is 7.42. The predicted octanol–water partition coefficient (Wildman–Crippen LogP) is 8.18. The number of esters is 1. The molecule has 4 nitrogen and oxygen atoms in total. The molecule has 0 saturated heterocycles. The van der Waals surface area contributed by atoms with Crippen LogP contribution in [0, 0.1) is 0 Å². The minimum atomic E-state index is -0.346. The largest absolute Gasteiger partial charge is 0.491 e. The molecule has 39 heavy (non-hydrogen) atoms. The molecule has 0 fully saturated rings. The van der Waals surface area contributed by atoms with Crippen LogP contribution in [-0.2, 0) is 11.2 Å². The van der Waals surface area contributed by atoms with Gasteiger partial charge in [-0.1, -0.05) is 47.5 Å². The van der Waals surface area contributed by atoms with Gasteiger partial charge in [-0.15, -0.1) is 0 Å². The monoisotopic (exact) mass is 569 g/mol. The van der Waals surface area contributed by atoms with Crippen LogP contribution in [0.5, 0.6) is 5.75 Å². The van der Waals surface area contributed by atoms with Gasteiger partial charge < -0.3 is 14.8 Å². The molecular weight excluding hydrogens is 536 g/mol. The summed E-state index contributed by atoms with van der Waals surface area (Å²) in [6.07, 6.45) is 3.94. The van der Waals surface area contributed by atoms with Crippen molar-refractivity contribution in [2.45, 2.75) is 45.1 Å². The lowest BCUT2D eigenvalue weighted by molar-refractivity contribution is 0.0600. The molecule has 1 aliphatic rings. The van der Waals surface area contributed by atoms with Gasteiger partial charge in [0.05, 0.1) is 25.5 Å². The fraction of sp³-hybridized carbons (Fsp3) is 0.344. The van der Waals surface area contributed by atoms with Crippen LogP contribution < -0.4 is 10.1 Å². The summed E-state index contributed by atoms with van der Waals surface area (Å²) in [6.45, 7) is 3.19. The first-order valence-electron chi connectivity index (χ1n) is 13.3. The highest BCUT2D eigenvalue weighted by atomic mass is 35.5. The number of carbonyl (C=O) groups excluding carboxylic acids is 1. The van der Waals surface area contributed by atoms with E-state index < -0.39 is 0 Å². The molecule has 1 atom stereocenters. The van der Waals surface area contributed by atoms with Gasteiger partial charge in [-0.3, -0.25) is 4.39 Å². The van der Waals surface area contributed by atoms with Gasteiger partial charge in [-0.25, -0.2) is 4.79 Å². The van der Waals surface area contributed by atoms with Crippen molar-refractivity contribution in [3.8, 4) is 5.75 Å². The van der Waals surface area contributed by atoms with Crippen molar-refractivity contribution in [1.29, 1.82) is 0 Å². The Morgan fingerprint density at radius 2 is 1.77 bits per heavy atom. The second-order valence-corrected chi connectivity index (χ2v) is 10.6. The number of ether oxygens (including phenoxy) is 2. The lowest BCUT2D eigenvalue weighted by Crippen LogP contribution is -2.23. The van der Waals surface area contributed by atoms with Gasteiger partial charge in [-0.05, 0) is 122 Å². The molecule has 3 aromatic rings. The van der Waals surface area contributed by atoms with Crippen LogP contribution in [0.3, 0.4) is 0 Å². The lowest BCUT2D eigenvalue weighted by Gasteiger charge is -2.19. The fourth-order valence-corrected chi connectivity index (χ4v) is 5.50. The van der Waals surface area contributed by atoms with Crippen LogP contribution >= 0.6 is 23.2 Å². The van der Waals surface area contributed by atoms with Crippen molar-refractivity contribution in [2.24, 2.45) is 0 Å². The summed E-state index contributed by atoms with van der Waals surface area (Å²) in [7, 11) is 1.40. The van der Waals surface area contributed by atoms with Crippen LogP contribution in [-0.4, -0.2) is 38.9 Å². The predicted molar refractivity (Wildman–Crippen MR) is 158 cm³/mol. The van der Waals surface area contributed by atoms with E-state index in [1.165, 1.54) is 7.11 Å². The standard InChI is InChI=1S/C32H34Cl2FNO3/c1-21(15-18-36-17-4-16-35)39-26-11-7-22(8-12-26)31-27-13-9-24(32(37)38-2)19-23(27)5-3-6-29(31)28-14-10-25(33)20-30(28)34/h7-14,19-21,36H,3-6,15-18H2,1-2H3/t21-/m1/s1. The Bertz CT molecular complexity index is 1320. The molecule has 0 saturated carbocycles. The zero-order valence-electron chi connectivity index (χ0n) is 22.4. The number of benzene rings is 3. The van der Waals surface area contributed by atoms with E-state index in [0.29, 0.717) is 28.6 Å². The SMILES string of the molecule is COC(=O)c1ccc2c(c1)CCCC(c1ccc(Cl)cc1Cl)=C2c1ccc(O[C@H](C)CCNCCCF)cc1. The number of allylic oxidation sites excluding steroid dienone is 1. The number of hydrogen-bond acceptors (Lipinski definition) is 4.